The zero-order valence-electron chi connectivity index (χ0n) is 17.0. The molecular weight excluding hydrogens is 392 g/mol. The number of rotatable bonds is 6. The summed E-state index contributed by atoms with van der Waals surface area (Å²) in [5.74, 6) is 1.24. The molecule has 7 heteroatoms. The third-order valence-corrected chi connectivity index (χ3v) is 4.74. The number of fused-ring (bicyclic) bond motifs is 1. The van der Waals surface area contributed by atoms with E-state index in [2.05, 4.69) is 15.8 Å². The number of carbonyl (C=O) groups excluding carboxylic acids is 2. The van der Waals surface area contributed by atoms with Crippen LogP contribution in [0.2, 0.25) is 0 Å². The summed E-state index contributed by atoms with van der Waals surface area (Å²) in [5.41, 5.74) is 7.03. The molecule has 2 N–H and O–H groups in total. The number of carbonyl (C=O) groups is 2. The third kappa shape index (κ3) is 4.72. The maximum atomic E-state index is 12.5. The molecule has 0 unspecified atom stereocenters. The Morgan fingerprint density at radius 2 is 1.65 bits per heavy atom. The molecule has 0 aliphatic heterocycles. The molecule has 4 rings (SSSR count). The lowest BCUT2D eigenvalue weighted by molar-refractivity contribution is -0.122. The van der Waals surface area contributed by atoms with Gasteiger partial charge in [-0.25, -0.2) is 4.98 Å². The lowest BCUT2D eigenvalue weighted by atomic mass is 10.2. The number of nitrogens with one attached hydrogen (secondary N) is 2. The van der Waals surface area contributed by atoms with Crippen molar-refractivity contribution >= 4 is 22.8 Å². The Labute approximate surface area is 179 Å². The summed E-state index contributed by atoms with van der Waals surface area (Å²) in [6.45, 7) is 2.04. The monoisotopic (exact) mass is 414 g/mol. The second-order valence-corrected chi connectivity index (χ2v) is 6.90. The van der Waals surface area contributed by atoms with Crippen LogP contribution in [0.1, 0.15) is 23.1 Å². The van der Waals surface area contributed by atoms with Crippen molar-refractivity contribution in [1.29, 1.82) is 0 Å². The Morgan fingerprint density at radius 3 is 2.45 bits per heavy atom. The molecule has 31 heavy (non-hydrogen) atoms. The van der Waals surface area contributed by atoms with E-state index in [4.69, 9.17) is 4.74 Å². The van der Waals surface area contributed by atoms with Crippen molar-refractivity contribution in [3.63, 3.8) is 0 Å². The number of aromatic nitrogens is 2. The first-order chi connectivity index (χ1) is 15.1. The molecule has 7 nitrogen and oxygen atoms in total. The summed E-state index contributed by atoms with van der Waals surface area (Å²) in [6.07, 6.45) is 0.697. The molecule has 1 aromatic heterocycles. The number of aryl methyl sites for hydroxylation is 1. The Hall–Kier alpha value is -4.13. The highest BCUT2D eigenvalue weighted by Crippen LogP contribution is 2.21. The number of amides is 2. The first-order valence-corrected chi connectivity index (χ1v) is 10.0. The van der Waals surface area contributed by atoms with Crippen LogP contribution >= 0.6 is 0 Å². The fourth-order valence-electron chi connectivity index (χ4n) is 3.28. The number of hydrazine groups is 1. The Morgan fingerprint density at radius 1 is 0.903 bits per heavy atom. The number of ether oxygens (including phenoxy) is 1. The summed E-state index contributed by atoms with van der Waals surface area (Å²) in [6, 6.07) is 23.7. The van der Waals surface area contributed by atoms with Gasteiger partial charge in [-0.1, -0.05) is 43.3 Å². The van der Waals surface area contributed by atoms with Crippen molar-refractivity contribution < 1.29 is 14.3 Å². The molecule has 0 saturated heterocycles. The maximum absolute atomic E-state index is 12.5. The Bertz CT molecular complexity index is 1220. The molecule has 0 bridgehead atoms. The molecule has 0 aliphatic rings. The second-order valence-electron chi connectivity index (χ2n) is 6.90. The number of hydrogen-bond donors (Lipinski definition) is 2. The molecule has 1 heterocycles. The predicted octanol–water partition coefficient (Wildman–Crippen LogP) is 3.85. The molecule has 0 atom stereocenters. The summed E-state index contributed by atoms with van der Waals surface area (Å²) < 4.78 is 7.61. The van der Waals surface area contributed by atoms with E-state index in [9.17, 15) is 9.59 Å². The van der Waals surface area contributed by atoms with Crippen molar-refractivity contribution in [2.24, 2.45) is 0 Å². The van der Waals surface area contributed by atoms with E-state index in [0.717, 1.165) is 16.9 Å². The topological polar surface area (TPSA) is 85.3 Å². The molecule has 0 aliphatic carbocycles. The molecular formula is C24H22N4O3. The zero-order chi connectivity index (χ0) is 21.6. The zero-order valence-corrected chi connectivity index (χ0v) is 17.0. The van der Waals surface area contributed by atoms with Gasteiger partial charge in [-0.3, -0.25) is 20.4 Å². The maximum Gasteiger partial charge on any atom is 0.269 e. The van der Waals surface area contributed by atoms with Crippen molar-refractivity contribution in [1.82, 2.24) is 20.4 Å². The van der Waals surface area contributed by atoms with Crippen LogP contribution in [0, 0.1) is 0 Å². The molecule has 2 amide bonds. The van der Waals surface area contributed by atoms with E-state index < -0.39 is 5.91 Å². The van der Waals surface area contributed by atoms with Gasteiger partial charge in [0.2, 0.25) is 0 Å². The number of nitrogens with zero attached hydrogens (tertiary/aromatic N) is 2. The fourth-order valence-corrected chi connectivity index (χ4v) is 3.28. The van der Waals surface area contributed by atoms with Crippen molar-refractivity contribution in [2.75, 3.05) is 0 Å². The lowest BCUT2D eigenvalue weighted by Gasteiger charge is -2.11. The Balaban J connectivity index is 1.39. The summed E-state index contributed by atoms with van der Waals surface area (Å²) >= 11 is 0. The molecule has 0 spiro atoms. The molecule has 3 aromatic carbocycles. The number of benzene rings is 3. The van der Waals surface area contributed by atoms with Gasteiger partial charge in [0, 0.05) is 12.0 Å². The first-order valence-electron chi connectivity index (χ1n) is 10.0. The summed E-state index contributed by atoms with van der Waals surface area (Å²) in [5, 5.41) is 0. The van der Waals surface area contributed by atoms with Crippen LogP contribution in [0.3, 0.4) is 0 Å². The van der Waals surface area contributed by atoms with Crippen LogP contribution in [0.15, 0.2) is 78.9 Å². The van der Waals surface area contributed by atoms with Gasteiger partial charge in [0.05, 0.1) is 11.0 Å². The van der Waals surface area contributed by atoms with E-state index in [-0.39, 0.29) is 12.5 Å². The van der Waals surface area contributed by atoms with E-state index in [1.54, 1.807) is 24.3 Å². The van der Waals surface area contributed by atoms with E-state index in [1.165, 1.54) is 0 Å². The van der Waals surface area contributed by atoms with Gasteiger partial charge >= 0.3 is 0 Å². The molecule has 156 valence electrons. The van der Waals surface area contributed by atoms with E-state index in [1.807, 2.05) is 66.1 Å². The summed E-state index contributed by atoms with van der Waals surface area (Å²) in [7, 11) is 0. The fraction of sp³-hybridized carbons (Fsp3) is 0.125. The van der Waals surface area contributed by atoms with Crippen LogP contribution in [0.25, 0.3) is 11.0 Å². The minimum atomic E-state index is -0.432. The molecule has 0 fully saturated rings. The van der Waals surface area contributed by atoms with Crippen LogP contribution < -0.4 is 15.6 Å². The van der Waals surface area contributed by atoms with Crippen LogP contribution in [-0.2, 0) is 17.8 Å². The first kappa shape index (κ1) is 20.2. The van der Waals surface area contributed by atoms with Gasteiger partial charge in [-0.15, -0.1) is 0 Å². The van der Waals surface area contributed by atoms with Crippen LogP contribution in [-0.4, -0.2) is 21.4 Å². The lowest BCUT2D eigenvalue weighted by Crippen LogP contribution is -2.43. The highest BCUT2D eigenvalue weighted by Gasteiger charge is 2.13. The minimum absolute atomic E-state index is 0.0567. The molecule has 0 saturated carbocycles. The second kappa shape index (κ2) is 9.13. The van der Waals surface area contributed by atoms with Crippen molar-refractivity contribution in [2.45, 2.75) is 19.9 Å². The minimum Gasteiger partial charge on any atom is -0.457 e. The van der Waals surface area contributed by atoms with Crippen LogP contribution in [0.5, 0.6) is 11.5 Å². The average molecular weight is 414 g/mol. The average Bonchev–Trinajstić information content (AvgIpc) is 3.16. The van der Waals surface area contributed by atoms with Gasteiger partial charge in [0.25, 0.3) is 11.8 Å². The van der Waals surface area contributed by atoms with Crippen LogP contribution in [0.4, 0.5) is 0 Å². The van der Waals surface area contributed by atoms with E-state index >= 15 is 0 Å². The third-order valence-electron chi connectivity index (χ3n) is 4.74. The van der Waals surface area contributed by atoms with Crippen molar-refractivity contribution in [3.8, 4) is 11.5 Å². The SMILES string of the molecule is CCc1nc2ccccc2n1CC(=O)NNC(=O)c1cccc(Oc2ccccc2)c1. The highest BCUT2D eigenvalue weighted by atomic mass is 16.5. The number of hydrogen-bond acceptors (Lipinski definition) is 4. The quantitative estimate of drug-likeness (QED) is 0.469. The molecule has 4 aromatic rings. The van der Waals surface area contributed by atoms with Gasteiger partial charge in [-0.05, 0) is 42.5 Å². The van der Waals surface area contributed by atoms with Crippen molar-refractivity contribution in [3.05, 3.63) is 90.3 Å². The van der Waals surface area contributed by atoms with E-state index in [0.29, 0.717) is 23.5 Å². The van der Waals surface area contributed by atoms with Gasteiger partial charge in [-0.2, -0.15) is 0 Å². The Kier molecular flexibility index (Phi) is 5.93. The standard InChI is InChI=1S/C24H22N4O3/c1-2-22-25-20-13-6-7-14-21(20)28(22)16-23(29)26-27-24(30)17-9-8-12-19(15-17)31-18-10-4-3-5-11-18/h3-15H,2,16H2,1H3,(H,26,29)(H,27,30). The predicted molar refractivity (Wildman–Crippen MR) is 118 cm³/mol. The largest absolute Gasteiger partial charge is 0.457 e. The highest BCUT2D eigenvalue weighted by molar-refractivity contribution is 5.95. The van der Waals surface area contributed by atoms with Gasteiger partial charge in [0.15, 0.2) is 0 Å². The van der Waals surface area contributed by atoms with Gasteiger partial charge < -0.3 is 9.30 Å². The number of imidazole rings is 1. The number of para-hydroxylation sites is 3. The normalized spacial score (nSPS) is 10.6. The molecule has 0 radical (unpaired) electrons. The van der Waals surface area contributed by atoms with Gasteiger partial charge in [0.1, 0.15) is 23.9 Å². The smallest absolute Gasteiger partial charge is 0.269 e. The summed E-state index contributed by atoms with van der Waals surface area (Å²) in [4.78, 5) is 29.5.